The van der Waals surface area contributed by atoms with Crippen LogP contribution in [-0.4, -0.2) is 21.7 Å². The monoisotopic (exact) mass is 397 g/mol. The van der Waals surface area contributed by atoms with Crippen LogP contribution in [0.25, 0.3) is 5.69 Å². The first-order valence-electron chi connectivity index (χ1n) is 8.27. The van der Waals surface area contributed by atoms with Crippen LogP contribution in [0.5, 0.6) is 0 Å². The maximum atomic E-state index is 12.4. The number of rotatable bonds is 6. The van der Waals surface area contributed by atoms with Crippen LogP contribution < -0.4 is 5.32 Å². The molecule has 3 aromatic rings. The predicted octanol–water partition coefficient (Wildman–Crippen LogP) is 4.39. The number of hydrogen-bond acceptors (Lipinski definition) is 2. The molecule has 0 aliphatic rings. The highest BCUT2D eigenvalue weighted by Gasteiger charge is 2.12. The van der Waals surface area contributed by atoms with Crippen molar-refractivity contribution in [3.05, 3.63) is 82.6 Å². The standard InChI is InChI=1S/C20H20BrN3O/c1-15(7-8-16-5-3-2-4-6-16)23-20(25)17-13-22-24(14-17)19-11-9-18(21)10-12-19/h2-6,9-15H,7-8H2,1H3,(H,23,25)/t15-/m0/s1. The molecule has 1 N–H and O–H groups in total. The third kappa shape index (κ3) is 4.79. The second-order valence-corrected chi connectivity index (χ2v) is 6.96. The van der Waals surface area contributed by atoms with Gasteiger partial charge in [-0.25, -0.2) is 4.68 Å². The highest BCUT2D eigenvalue weighted by Crippen LogP contribution is 2.14. The van der Waals surface area contributed by atoms with Crippen molar-refractivity contribution in [1.29, 1.82) is 0 Å². The largest absolute Gasteiger partial charge is 0.349 e. The summed E-state index contributed by atoms with van der Waals surface area (Å²) in [5.41, 5.74) is 2.76. The summed E-state index contributed by atoms with van der Waals surface area (Å²) in [6, 6.07) is 18.2. The summed E-state index contributed by atoms with van der Waals surface area (Å²) in [5, 5.41) is 7.32. The highest BCUT2D eigenvalue weighted by atomic mass is 79.9. The summed E-state index contributed by atoms with van der Waals surface area (Å²) in [4.78, 5) is 12.4. The molecule has 1 heterocycles. The van der Waals surface area contributed by atoms with Crippen LogP contribution in [0.4, 0.5) is 0 Å². The van der Waals surface area contributed by atoms with Gasteiger partial charge in [-0.3, -0.25) is 4.79 Å². The molecule has 1 amide bonds. The molecule has 0 bridgehead atoms. The average molecular weight is 398 g/mol. The van der Waals surface area contributed by atoms with Gasteiger partial charge < -0.3 is 5.32 Å². The molecule has 2 aromatic carbocycles. The first-order chi connectivity index (χ1) is 12.1. The fourth-order valence-electron chi connectivity index (χ4n) is 2.58. The number of halogens is 1. The molecular formula is C20H20BrN3O. The molecule has 0 unspecified atom stereocenters. The Hall–Kier alpha value is -2.40. The third-order valence-electron chi connectivity index (χ3n) is 4.02. The summed E-state index contributed by atoms with van der Waals surface area (Å²) >= 11 is 3.41. The van der Waals surface area contributed by atoms with Gasteiger partial charge in [0.1, 0.15) is 0 Å². The van der Waals surface area contributed by atoms with Crippen molar-refractivity contribution in [3.63, 3.8) is 0 Å². The molecule has 3 rings (SSSR count). The normalized spacial score (nSPS) is 11.9. The average Bonchev–Trinajstić information content (AvgIpc) is 3.12. The summed E-state index contributed by atoms with van der Waals surface area (Å²) < 4.78 is 2.71. The topological polar surface area (TPSA) is 46.9 Å². The number of carbonyl (C=O) groups is 1. The van der Waals surface area contributed by atoms with Gasteiger partial charge in [0.2, 0.25) is 0 Å². The van der Waals surface area contributed by atoms with E-state index in [2.05, 4.69) is 38.5 Å². The zero-order chi connectivity index (χ0) is 17.6. The van der Waals surface area contributed by atoms with E-state index >= 15 is 0 Å². The Balaban J connectivity index is 1.57. The molecule has 5 heteroatoms. The minimum Gasteiger partial charge on any atom is -0.349 e. The fourth-order valence-corrected chi connectivity index (χ4v) is 2.85. The van der Waals surface area contributed by atoms with Crippen molar-refractivity contribution in [1.82, 2.24) is 15.1 Å². The lowest BCUT2D eigenvalue weighted by molar-refractivity contribution is 0.0938. The second kappa shape index (κ2) is 8.12. The van der Waals surface area contributed by atoms with Crippen LogP contribution in [0.1, 0.15) is 29.3 Å². The summed E-state index contributed by atoms with van der Waals surface area (Å²) in [5.74, 6) is -0.0936. The quantitative estimate of drug-likeness (QED) is 0.670. The molecule has 1 aromatic heterocycles. The van der Waals surface area contributed by atoms with E-state index in [4.69, 9.17) is 0 Å². The van der Waals surface area contributed by atoms with Crippen molar-refractivity contribution >= 4 is 21.8 Å². The summed E-state index contributed by atoms with van der Waals surface area (Å²) in [6.07, 6.45) is 5.20. The van der Waals surface area contributed by atoms with Crippen LogP contribution in [0.15, 0.2) is 71.5 Å². The van der Waals surface area contributed by atoms with E-state index in [0.717, 1.165) is 23.0 Å². The molecule has 0 aliphatic carbocycles. The van der Waals surface area contributed by atoms with E-state index in [9.17, 15) is 4.79 Å². The fraction of sp³-hybridized carbons (Fsp3) is 0.200. The first-order valence-corrected chi connectivity index (χ1v) is 9.06. The molecule has 0 spiro atoms. The Morgan fingerprint density at radius 1 is 1.16 bits per heavy atom. The van der Waals surface area contributed by atoms with Gasteiger partial charge in [0.15, 0.2) is 0 Å². The van der Waals surface area contributed by atoms with Crippen LogP contribution >= 0.6 is 15.9 Å². The molecule has 4 nitrogen and oxygen atoms in total. The molecule has 25 heavy (non-hydrogen) atoms. The van der Waals surface area contributed by atoms with Gasteiger partial charge in [-0.05, 0) is 49.6 Å². The third-order valence-corrected chi connectivity index (χ3v) is 4.55. The van der Waals surface area contributed by atoms with E-state index in [1.807, 2.05) is 49.4 Å². The van der Waals surface area contributed by atoms with Crippen LogP contribution in [0.3, 0.4) is 0 Å². The Kier molecular flexibility index (Phi) is 5.66. The summed E-state index contributed by atoms with van der Waals surface area (Å²) in [7, 11) is 0. The SMILES string of the molecule is C[C@@H](CCc1ccccc1)NC(=O)c1cnn(-c2ccc(Br)cc2)c1. The maximum absolute atomic E-state index is 12.4. The lowest BCUT2D eigenvalue weighted by atomic mass is 10.1. The van der Waals surface area contributed by atoms with Crippen LogP contribution in [0.2, 0.25) is 0 Å². The molecule has 0 saturated heterocycles. The van der Waals surface area contributed by atoms with Gasteiger partial charge in [0.25, 0.3) is 5.91 Å². The van der Waals surface area contributed by atoms with E-state index in [0.29, 0.717) is 5.56 Å². The zero-order valence-corrected chi connectivity index (χ0v) is 15.6. The van der Waals surface area contributed by atoms with Crippen molar-refractivity contribution in [2.45, 2.75) is 25.8 Å². The Morgan fingerprint density at radius 2 is 1.88 bits per heavy atom. The van der Waals surface area contributed by atoms with Crippen LogP contribution in [-0.2, 0) is 6.42 Å². The molecule has 0 saturated carbocycles. The van der Waals surface area contributed by atoms with E-state index in [1.54, 1.807) is 17.1 Å². The lowest BCUT2D eigenvalue weighted by Crippen LogP contribution is -2.32. The zero-order valence-electron chi connectivity index (χ0n) is 14.0. The Labute approximate surface area is 156 Å². The molecule has 0 radical (unpaired) electrons. The second-order valence-electron chi connectivity index (χ2n) is 6.05. The Bertz CT molecular complexity index is 828. The molecular weight excluding hydrogens is 378 g/mol. The molecule has 0 fully saturated rings. The minimum atomic E-state index is -0.0936. The predicted molar refractivity (Wildman–Crippen MR) is 103 cm³/mol. The molecule has 1 atom stereocenters. The Morgan fingerprint density at radius 3 is 2.60 bits per heavy atom. The van der Waals surface area contributed by atoms with Crippen molar-refractivity contribution in [2.75, 3.05) is 0 Å². The highest BCUT2D eigenvalue weighted by molar-refractivity contribution is 9.10. The number of aryl methyl sites for hydroxylation is 1. The number of nitrogens with one attached hydrogen (secondary N) is 1. The lowest BCUT2D eigenvalue weighted by Gasteiger charge is -2.13. The summed E-state index contributed by atoms with van der Waals surface area (Å²) in [6.45, 7) is 2.03. The number of nitrogens with zero attached hydrogens (tertiary/aromatic N) is 2. The van der Waals surface area contributed by atoms with E-state index < -0.39 is 0 Å². The number of benzene rings is 2. The van der Waals surface area contributed by atoms with Gasteiger partial charge in [0.05, 0.1) is 17.4 Å². The van der Waals surface area contributed by atoms with Crippen molar-refractivity contribution < 1.29 is 4.79 Å². The first kappa shape index (κ1) is 17.4. The number of carbonyl (C=O) groups excluding carboxylic acids is 1. The van der Waals surface area contributed by atoms with Gasteiger partial charge >= 0.3 is 0 Å². The number of aromatic nitrogens is 2. The van der Waals surface area contributed by atoms with Crippen molar-refractivity contribution in [2.24, 2.45) is 0 Å². The van der Waals surface area contributed by atoms with Crippen LogP contribution in [0, 0.1) is 0 Å². The molecule has 0 aliphatic heterocycles. The minimum absolute atomic E-state index is 0.0936. The maximum Gasteiger partial charge on any atom is 0.254 e. The van der Waals surface area contributed by atoms with Gasteiger partial charge in [-0.15, -0.1) is 0 Å². The number of hydrogen-bond donors (Lipinski definition) is 1. The van der Waals surface area contributed by atoms with Gasteiger partial charge in [-0.2, -0.15) is 5.10 Å². The smallest absolute Gasteiger partial charge is 0.254 e. The van der Waals surface area contributed by atoms with Gasteiger partial charge in [0, 0.05) is 16.7 Å². The molecule has 128 valence electrons. The van der Waals surface area contributed by atoms with Crippen molar-refractivity contribution in [3.8, 4) is 5.69 Å². The van der Waals surface area contributed by atoms with E-state index in [-0.39, 0.29) is 11.9 Å². The number of amides is 1. The van der Waals surface area contributed by atoms with Gasteiger partial charge in [-0.1, -0.05) is 46.3 Å². The van der Waals surface area contributed by atoms with E-state index in [1.165, 1.54) is 5.56 Å².